The fraction of sp³-hybridized carbons (Fsp3) is 0.696. The summed E-state index contributed by atoms with van der Waals surface area (Å²) in [6.45, 7) is 8.28. The van der Waals surface area contributed by atoms with Crippen LogP contribution in [-0.4, -0.2) is 77.4 Å². The highest BCUT2D eigenvalue weighted by Gasteiger charge is 2.24. The maximum atomic E-state index is 5.43. The molecular formula is C23H39N5O2. The lowest BCUT2D eigenvalue weighted by Crippen LogP contribution is -2.44. The molecule has 2 heterocycles. The minimum Gasteiger partial charge on any atom is -0.497 e. The summed E-state index contributed by atoms with van der Waals surface area (Å²) < 4.78 is 10.9. The molecule has 1 aromatic carbocycles. The molecule has 1 atom stereocenters. The van der Waals surface area contributed by atoms with Crippen LogP contribution in [0.4, 0.5) is 5.69 Å². The van der Waals surface area contributed by atoms with Crippen LogP contribution in [0.25, 0.3) is 0 Å². The van der Waals surface area contributed by atoms with Crippen molar-refractivity contribution in [1.29, 1.82) is 0 Å². The molecule has 0 amide bonds. The number of benzene rings is 1. The van der Waals surface area contributed by atoms with Crippen molar-refractivity contribution in [3.05, 3.63) is 18.2 Å². The Balaban J connectivity index is 1.52. The van der Waals surface area contributed by atoms with E-state index in [1.807, 2.05) is 6.07 Å². The topological polar surface area (TPSA) is 61.4 Å². The van der Waals surface area contributed by atoms with Gasteiger partial charge >= 0.3 is 0 Å². The third-order valence-electron chi connectivity index (χ3n) is 6.22. The van der Waals surface area contributed by atoms with E-state index in [-0.39, 0.29) is 0 Å². The van der Waals surface area contributed by atoms with E-state index in [0.717, 1.165) is 61.7 Å². The summed E-state index contributed by atoms with van der Waals surface area (Å²) in [6, 6.07) is 6.44. The molecule has 0 saturated carbocycles. The van der Waals surface area contributed by atoms with Crippen LogP contribution in [0.2, 0.25) is 0 Å². The van der Waals surface area contributed by atoms with Crippen LogP contribution in [0.1, 0.15) is 32.6 Å². The monoisotopic (exact) mass is 417 g/mol. The Labute approximate surface area is 181 Å². The normalized spacial score (nSPS) is 21.0. The van der Waals surface area contributed by atoms with E-state index in [2.05, 4.69) is 46.5 Å². The molecule has 0 radical (unpaired) electrons. The van der Waals surface area contributed by atoms with E-state index in [1.54, 1.807) is 14.2 Å². The first-order valence-electron chi connectivity index (χ1n) is 11.3. The number of anilines is 1. The number of hydrogen-bond donors (Lipinski definition) is 2. The number of nitrogens with zero attached hydrogens (tertiary/aromatic N) is 3. The summed E-state index contributed by atoms with van der Waals surface area (Å²) in [5, 5.41) is 7.06. The van der Waals surface area contributed by atoms with Crippen LogP contribution < -0.4 is 25.0 Å². The maximum Gasteiger partial charge on any atom is 0.191 e. The van der Waals surface area contributed by atoms with Gasteiger partial charge in [0.2, 0.25) is 0 Å². The third kappa shape index (κ3) is 6.42. The average Bonchev–Trinajstić information content (AvgIpc) is 3.23. The quantitative estimate of drug-likeness (QED) is 0.501. The zero-order valence-electron chi connectivity index (χ0n) is 19.1. The van der Waals surface area contributed by atoms with Gasteiger partial charge in [-0.15, -0.1) is 0 Å². The number of aliphatic imine (C=N–C) groups is 1. The zero-order valence-corrected chi connectivity index (χ0v) is 19.1. The van der Waals surface area contributed by atoms with Gasteiger partial charge < -0.3 is 29.9 Å². The standard InChI is InChI=1S/C23H39N5O2/c1-5-24-23(25-10-6-18-7-11-27(2)12-8-18)26-19-9-13-28(17-19)20-14-21(29-3)16-22(15-20)30-4/h14-16,18-19H,5-13,17H2,1-4H3,(H2,24,25,26). The van der Waals surface area contributed by atoms with Gasteiger partial charge in [-0.1, -0.05) is 0 Å². The number of methoxy groups -OCH3 is 2. The second kappa shape index (κ2) is 11.3. The Morgan fingerprint density at radius 1 is 1.07 bits per heavy atom. The highest BCUT2D eigenvalue weighted by molar-refractivity contribution is 5.80. The number of piperidine rings is 1. The Morgan fingerprint density at radius 3 is 2.40 bits per heavy atom. The van der Waals surface area contributed by atoms with E-state index < -0.39 is 0 Å². The molecule has 1 aromatic rings. The van der Waals surface area contributed by atoms with Gasteiger partial charge in [0.05, 0.1) is 14.2 Å². The van der Waals surface area contributed by atoms with E-state index in [9.17, 15) is 0 Å². The molecule has 2 aliphatic heterocycles. The number of likely N-dealkylation sites (tertiary alicyclic amines) is 1. The van der Waals surface area contributed by atoms with Crippen molar-refractivity contribution in [2.24, 2.45) is 10.9 Å². The van der Waals surface area contributed by atoms with E-state index >= 15 is 0 Å². The Bertz CT molecular complexity index is 666. The summed E-state index contributed by atoms with van der Waals surface area (Å²) in [6.07, 6.45) is 4.87. The predicted molar refractivity (Wildman–Crippen MR) is 124 cm³/mol. The Hall–Kier alpha value is -2.15. The SMILES string of the molecule is CCNC(=NCCC1CCN(C)CC1)NC1CCN(c2cc(OC)cc(OC)c2)C1. The summed E-state index contributed by atoms with van der Waals surface area (Å²) in [5.74, 6) is 3.41. The van der Waals surface area contributed by atoms with Crippen molar-refractivity contribution in [1.82, 2.24) is 15.5 Å². The Kier molecular flexibility index (Phi) is 8.49. The molecule has 1 unspecified atom stereocenters. The molecular weight excluding hydrogens is 378 g/mol. The van der Waals surface area contributed by atoms with Gasteiger partial charge in [-0.2, -0.15) is 0 Å². The zero-order chi connectivity index (χ0) is 21.3. The van der Waals surface area contributed by atoms with Gasteiger partial charge in [-0.05, 0) is 58.7 Å². The molecule has 2 N–H and O–H groups in total. The summed E-state index contributed by atoms with van der Waals surface area (Å²) in [4.78, 5) is 9.67. The minimum absolute atomic E-state index is 0.378. The van der Waals surface area contributed by atoms with E-state index in [0.29, 0.717) is 6.04 Å². The molecule has 168 valence electrons. The van der Waals surface area contributed by atoms with Crippen LogP contribution >= 0.6 is 0 Å². The molecule has 0 aromatic heterocycles. The first kappa shape index (κ1) is 22.5. The van der Waals surface area contributed by atoms with Crippen molar-refractivity contribution in [3.63, 3.8) is 0 Å². The lowest BCUT2D eigenvalue weighted by atomic mass is 9.94. The molecule has 0 spiro atoms. The van der Waals surface area contributed by atoms with Crippen LogP contribution in [0.15, 0.2) is 23.2 Å². The molecule has 2 aliphatic rings. The van der Waals surface area contributed by atoms with Crippen molar-refractivity contribution in [2.45, 2.75) is 38.6 Å². The van der Waals surface area contributed by atoms with Gasteiger partial charge in [-0.25, -0.2) is 0 Å². The van der Waals surface area contributed by atoms with Gasteiger partial charge in [0.25, 0.3) is 0 Å². The fourth-order valence-electron chi connectivity index (χ4n) is 4.31. The first-order valence-corrected chi connectivity index (χ1v) is 11.3. The van der Waals surface area contributed by atoms with Crippen molar-refractivity contribution >= 4 is 11.6 Å². The largest absolute Gasteiger partial charge is 0.497 e. The summed E-state index contributed by atoms with van der Waals surface area (Å²) in [7, 11) is 5.60. The lowest BCUT2D eigenvalue weighted by Gasteiger charge is -2.28. The first-order chi connectivity index (χ1) is 14.6. The highest BCUT2D eigenvalue weighted by atomic mass is 16.5. The second-order valence-corrected chi connectivity index (χ2v) is 8.44. The van der Waals surface area contributed by atoms with Crippen molar-refractivity contribution < 1.29 is 9.47 Å². The van der Waals surface area contributed by atoms with Crippen molar-refractivity contribution in [3.8, 4) is 11.5 Å². The van der Waals surface area contributed by atoms with Crippen LogP contribution in [0.5, 0.6) is 11.5 Å². The number of nitrogens with one attached hydrogen (secondary N) is 2. The molecule has 2 fully saturated rings. The van der Waals surface area contributed by atoms with Gasteiger partial charge in [-0.3, -0.25) is 4.99 Å². The predicted octanol–water partition coefficient (Wildman–Crippen LogP) is 2.57. The third-order valence-corrected chi connectivity index (χ3v) is 6.22. The fourth-order valence-corrected chi connectivity index (χ4v) is 4.31. The molecule has 3 rings (SSSR count). The summed E-state index contributed by atoms with van der Waals surface area (Å²) >= 11 is 0. The second-order valence-electron chi connectivity index (χ2n) is 8.44. The molecule has 7 heteroatoms. The Morgan fingerprint density at radius 2 is 1.77 bits per heavy atom. The smallest absolute Gasteiger partial charge is 0.191 e. The molecule has 0 aliphatic carbocycles. The molecule has 0 bridgehead atoms. The number of ether oxygens (including phenoxy) is 2. The lowest BCUT2D eigenvalue weighted by molar-refractivity contribution is 0.214. The molecule has 7 nitrogen and oxygen atoms in total. The van der Waals surface area contributed by atoms with E-state index in [4.69, 9.17) is 14.5 Å². The van der Waals surface area contributed by atoms with Crippen LogP contribution in [0.3, 0.4) is 0 Å². The number of hydrogen-bond acceptors (Lipinski definition) is 5. The highest BCUT2D eigenvalue weighted by Crippen LogP contribution is 2.30. The average molecular weight is 418 g/mol. The number of guanidine groups is 1. The molecule has 30 heavy (non-hydrogen) atoms. The van der Waals surface area contributed by atoms with Crippen LogP contribution in [0, 0.1) is 5.92 Å². The van der Waals surface area contributed by atoms with Gasteiger partial charge in [0.1, 0.15) is 11.5 Å². The van der Waals surface area contributed by atoms with E-state index in [1.165, 1.54) is 32.4 Å². The van der Waals surface area contributed by atoms with Crippen LogP contribution in [-0.2, 0) is 0 Å². The minimum atomic E-state index is 0.378. The van der Waals surface area contributed by atoms with Gasteiger partial charge in [0, 0.05) is 56.1 Å². The summed E-state index contributed by atoms with van der Waals surface area (Å²) in [5.41, 5.74) is 1.14. The van der Waals surface area contributed by atoms with Gasteiger partial charge in [0.15, 0.2) is 5.96 Å². The van der Waals surface area contributed by atoms with Crippen molar-refractivity contribution in [2.75, 3.05) is 65.4 Å². The maximum absolute atomic E-state index is 5.43. The number of rotatable bonds is 8. The molecule has 2 saturated heterocycles.